The van der Waals surface area contributed by atoms with Gasteiger partial charge in [-0.2, -0.15) is 0 Å². The van der Waals surface area contributed by atoms with E-state index >= 15 is 0 Å². The van der Waals surface area contributed by atoms with Crippen molar-refractivity contribution in [1.82, 2.24) is 0 Å². The Kier molecular flexibility index (Phi) is 4.95. The summed E-state index contributed by atoms with van der Waals surface area (Å²) in [5, 5.41) is 8.39. The second-order valence-electron chi connectivity index (χ2n) is 3.43. The Morgan fingerprint density at radius 1 is 1.33 bits per heavy atom. The molecule has 0 aliphatic carbocycles. The maximum atomic E-state index is 12.0. The highest BCUT2D eigenvalue weighted by molar-refractivity contribution is 7.91. The number of rotatable bonds is 5. The van der Waals surface area contributed by atoms with E-state index in [0.29, 0.717) is 0 Å². The van der Waals surface area contributed by atoms with Gasteiger partial charge in [-0.05, 0) is 18.6 Å². The van der Waals surface area contributed by atoms with Crippen molar-refractivity contribution in [2.45, 2.75) is 11.3 Å². The third-order valence-electron chi connectivity index (χ3n) is 2.12. The third-order valence-corrected chi connectivity index (χ3v) is 4.67. The first kappa shape index (κ1) is 15.2. The van der Waals surface area contributed by atoms with E-state index in [0.717, 1.165) is 12.1 Å². The molecular formula is C10H9Cl2FO4S. The predicted molar refractivity (Wildman–Crippen MR) is 66.1 cm³/mol. The van der Waals surface area contributed by atoms with E-state index in [1.165, 1.54) is 0 Å². The molecule has 0 radical (unpaired) electrons. The summed E-state index contributed by atoms with van der Waals surface area (Å²) in [5.41, 5.74) is -0.400. The van der Waals surface area contributed by atoms with E-state index < -0.39 is 38.8 Å². The average molecular weight is 315 g/mol. The molecule has 1 aromatic rings. The summed E-state index contributed by atoms with van der Waals surface area (Å²) in [6, 6.07) is 2.12. The smallest absolute Gasteiger partial charge is 0.337 e. The molecule has 0 fully saturated rings. The van der Waals surface area contributed by atoms with Gasteiger partial charge in [0, 0.05) is 5.02 Å². The van der Waals surface area contributed by atoms with Crippen LogP contribution in [0.2, 0.25) is 10.0 Å². The molecule has 0 saturated heterocycles. The van der Waals surface area contributed by atoms with Gasteiger partial charge in [-0.1, -0.05) is 23.2 Å². The van der Waals surface area contributed by atoms with Crippen LogP contribution >= 0.6 is 23.2 Å². The highest BCUT2D eigenvalue weighted by Gasteiger charge is 2.23. The lowest BCUT2D eigenvalue weighted by Gasteiger charge is -2.08. The first-order chi connectivity index (χ1) is 8.29. The molecule has 1 aromatic carbocycles. The van der Waals surface area contributed by atoms with Crippen molar-refractivity contribution in [3.05, 3.63) is 27.7 Å². The van der Waals surface area contributed by atoms with Crippen LogP contribution in [0.3, 0.4) is 0 Å². The standard InChI is InChI=1S/C10H9Cl2FO4S/c11-6-4-7(10(14)15)9(12)8(5-6)18(16,17)3-1-2-13/h4-5H,1-3H2,(H,14,15). The minimum absolute atomic E-state index is 0.0596. The summed E-state index contributed by atoms with van der Waals surface area (Å²) in [6.07, 6.45) is -0.187. The van der Waals surface area contributed by atoms with Crippen molar-refractivity contribution in [1.29, 1.82) is 0 Å². The largest absolute Gasteiger partial charge is 0.478 e. The van der Waals surface area contributed by atoms with Gasteiger partial charge in [-0.15, -0.1) is 0 Å². The molecule has 4 nitrogen and oxygen atoms in total. The van der Waals surface area contributed by atoms with Crippen LogP contribution in [0.15, 0.2) is 17.0 Å². The topological polar surface area (TPSA) is 71.4 Å². The zero-order chi connectivity index (χ0) is 13.9. The Balaban J connectivity index is 3.37. The number of aromatic carboxylic acids is 1. The molecule has 0 amide bonds. The maximum Gasteiger partial charge on any atom is 0.337 e. The molecule has 0 aromatic heterocycles. The van der Waals surface area contributed by atoms with E-state index in [1.807, 2.05) is 0 Å². The fourth-order valence-electron chi connectivity index (χ4n) is 1.30. The highest BCUT2D eigenvalue weighted by Crippen LogP contribution is 2.30. The molecule has 8 heteroatoms. The van der Waals surface area contributed by atoms with Crippen molar-refractivity contribution >= 4 is 39.0 Å². The van der Waals surface area contributed by atoms with E-state index in [1.54, 1.807) is 0 Å². The number of sulfone groups is 1. The minimum Gasteiger partial charge on any atom is -0.478 e. The van der Waals surface area contributed by atoms with Crippen molar-refractivity contribution in [3.8, 4) is 0 Å². The normalized spacial score (nSPS) is 11.5. The van der Waals surface area contributed by atoms with Crippen LogP contribution in [-0.4, -0.2) is 31.9 Å². The van der Waals surface area contributed by atoms with Gasteiger partial charge >= 0.3 is 5.97 Å². The molecule has 1 rings (SSSR count). The average Bonchev–Trinajstić information content (AvgIpc) is 2.28. The van der Waals surface area contributed by atoms with Crippen LogP contribution in [-0.2, 0) is 9.84 Å². The summed E-state index contributed by atoms with van der Waals surface area (Å²) >= 11 is 11.4. The van der Waals surface area contributed by atoms with Crippen LogP contribution < -0.4 is 0 Å². The van der Waals surface area contributed by atoms with Gasteiger partial charge < -0.3 is 5.11 Å². The minimum atomic E-state index is -3.85. The number of hydrogen-bond acceptors (Lipinski definition) is 3. The van der Waals surface area contributed by atoms with Crippen molar-refractivity contribution in [2.24, 2.45) is 0 Å². The Hall–Kier alpha value is -0.850. The van der Waals surface area contributed by atoms with Crippen molar-refractivity contribution in [2.75, 3.05) is 12.4 Å². The van der Waals surface area contributed by atoms with Crippen LogP contribution in [0, 0.1) is 0 Å². The number of carboxylic acids is 1. The fourth-order valence-corrected chi connectivity index (χ4v) is 3.52. The summed E-state index contributed by atoms with van der Waals surface area (Å²) in [7, 11) is -3.85. The van der Waals surface area contributed by atoms with Gasteiger partial charge in [0.05, 0.1) is 27.9 Å². The Bertz CT molecular complexity index is 571. The molecule has 0 spiro atoms. The number of alkyl halides is 1. The molecule has 0 aliphatic heterocycles. The van der Waals surface area contributed by atoms with E-state index in [2.05, 4.69) is 0 Å². The quantitative estimate of drug-likeness (QED) is 0.907. The summed E-state index contributed by atoms with van der Waals surface area (Å²) in [5.74, 6) is -1.84. The molecule has 0 unspecified atom stereocenters. The van der Waals surface area contributed by atoms with Gasteiger partial charge in [0.15, 0.2) is 9.84 Å². The summed E-state index contributed by atoms with van der Waals surface area (Å²) in [6.45, 7) is -0.788. The van der Waals surface area contributed by atoms with Crippen LogP contribution in [0.4, 0.5) is 4.39 Å². The molecule has 0 atom stereocenters. The lowest BCUT2D eigenvalue weighted by atomic mass is 10.2. The number of halogens is 3. The SMILES string of the molecule is O=C(O)c1cc(Cl)cc(S(=O)(=O)CCCF)c1Cl. The number of carbonyl (C=O) groups is 1. The Morgan fingerprint density at radius 2 is 1.94 bits per heavy atom. The van der Waals surface area contributed by atoms with E-state index in [-0.39, 0.29) is 16.3 Å². The first-order valence-corrected chi connectivity index (χ1v) is 7.21. The molecule has 0 heterocycles. The zero-order valence-electron chi connectivity index (χ0n) is 8.99. The first-order valence-electron chi connectivity index (χ1n) is 4.80. The number of benzene rings is 1. The molecule has 0 aliphatic rings. The van der Waals surface area contributed by atoms with Crippen LogP contribution in [0.1, 0.15) is 16.8 Å². The Morgan fingerprint density at radius 3 is 2.44 bits per heavy atom. The van der Waals surface area contributed by atoms with Gasteiger partial charge in [0.2, 0.25) is 0 Å². The second-order valence-corrected chi connectivity index (χ2v) is 6.32. The second kappa shape index (κ2) is 5.86. The molecule has 18 heavy (non-hydrogen) atoms. The Labute approximate surface area is 113 Å². The maximum absolute atomic E-state index is 12.0. The monoisotopic (exact) mass is 314 g/mol. The van der Waals surface area contributed by atoms with Gasteiger partial charge in [0.1, 0.15) is 0 Å². The highest BCUT2D eigenvalue weighted by atomic mass is 35.5. The predicted octanol–water partition coefficient (Wildman–Crippen LogP) is 2.82. The number of carboxylic acid groups (broad SMARTS) is 1. The van der Waals surface area contributed by atoms with Crippen LogP contribution in [0.5, 0.6) is 0 Å². The van der Waals surface area contributed by atoms with Gasteiger partial charge in [-0.3, -0.25) is 4.39 Å². The lowest BCUT2D eigenvalue weighted by molar-refractivity contribution is 0.0697. The van der Waals surface area contributed by atoms with Crippen molar-refractivity contribution in [3.63, 3.8) is 0 Å². The summed E-state index contributed by atoms with van der Waals surface area (Å²) in [4.78, 5) is 10.5. The lowest BCUT2D eigenvalue weighted by Crippen LogP contribution is -2.10. The van der Waals surface area contributed by atoms with Gasteiger partial charge in [0.25, 0.3) is 0 Å². The third kappa shape index (κ3) is 3.34. The van der Waals surface area contributed by atoms with E-state index in [4.69, 9.17) is 28.3 Å². The number of hydrogen-bond donors (Lipinski definition) is 1. The zero-order valence-corrected chi connectivity index (χ0v) is 11.3. The molecule has 100 valence electrons. The molecule has 0 bridgehead atoms. The molecule has 0 saturated carbocycles. The van der Waals surface area contributed by atoms with E-state index in [9.17, 15) is 17.6 Å². The summed E-state index contributed by atoms with van der Waals surface area (Å²) < 4.78 is 35.7. The molecule has 1 N–H and O–H groups in total. The van der Waals surface area contributed by atoms with Crippen molar-refractivity contribution < 1.29 is 22.7 Å². The fraction of sp³-hybridized carbons (Fsp3) is 0.300. The molecular weight excluding hydrogens is 306 g/mol. The van der Waals surface area contributed by atoms with Gasteiger partial charge in [-0.25, -0.2) is 13.2 Å². The van der Waals surface area contributed by atoms with Crippen LogP contribution in [0.25, 0.3) is 0 Å².